The molecule has 0 saturated carbocycles. The third-order valence-corrected chi connectivity index (χ3v) is 3.57. The van der Waals surface area contributed by atoms with Crippen LogP contribution in [0.4, 0.5) is 5.69 Å². The smallest absolute Gasteiger partial charge is 0.141 e. The summed E-state index contributed by atoms with van der Waals surface area (Å²) >= 11 is 6.84. The average molecular weight is 360 g/mol. The van der Waals surface area contributed by atoms with E-state index in [-0.39, 0.29) is 6.04 Å². The zero-order chi connectivity index (χ0) is 12.3. The standard InChI is InChI=1S/C12H12Br2N2O/c13-8-1-3-9(4-2-8)16-11(7-15)12-10(14)5-6-17-12/h1-6,11,16H,7,15H2. The van der Waals surface area contributed by atoms with E-state index < -0.39 is 0 Å². The average Bonchev–Trinajstić information content (AvgIpc) is 2.75. The van der Waals surface area contributed by atoms with Gasteiger partial charge in [0.1, 0.15) is 5.76 Å². The first kappa shape index (κ1) is 12.7. The molecule has 1 heterocycles. The molecule has 0 radical (unpaired) electrons. The fourth-order valence-corrected chi connectivity index (χ4v) is 2.27. The van der Waals surface area contributed by atoms with Gasteiger partial charge in [0.25, 0.3) is 0 Å². The molecule has 2 rings (SSSR count). The van der Waals surface area contributed by atoms with Gasteiger partial charge >= 0.3 is 0 Å². The number of nitrogens with one attached hydrogen (secondary N) is 1. The second-order valence-corrected chi connectivity index (χ2v) is 5.34. The molecule has 0 bridgehead atoms. The minimum atomic E-state index is -0.0412. The molecule has 3 nitrogen and oxygen atoms in total. The summed E-state index contributed by atoms with van der Waals surface area (Å²) in [5.41, 5.74) is 6.76. The van der Waals surface area contributed by atoms with Crippen LogP contribution in [-0.2, 0) is 0 Å². The van der Waals surface area contributed by atoms with Crippen molar-refractivity contribution in [2.24, 2.45) is 5.73 Å². The Kier molecular flexibility index (Phi) is 4.25. The van der Waals surface area contributed by atoms with Crippen molar-refractivity contribution in [1.82, 2.24) is 0 Å². The monoisotopic (exact) mass is 358 g/mol. The quantitative estimate of drug-likeness (QED) is 0.869. The highest BCUT2D eigenvalue weighted by molar-refractivity contribution is 9.10. The number of halogens is 2. The summed E-state index contributed by atoms with van der Waals surface area (Å²) < 4.78 is 7.39. The first-order valence-electron chi connectivity index (χ1n) is 5.16. The molecule has 1 atom stereocenters. The topological polar surface area (TPSA) is 51.2 Å². The van der Waals surface area contributed by atoms with Crippen LogP contribution in [0.3, 0.4) is 0 Å². The number of rotatable bonds is 4. The molecule has 0 fully saturated rings. The van der Waals surface area contributed by atoms with Gasteiger partial charge in [-0.3, -0.25) is 0 Å². The van der Waals surface area contributed by atoms with Crippen LogP contribution >= 0.6 is 31.9 Å². The lowest BCUT2D eigenvalue weighted by molar-refractivity contribution is 0.479. The first-order valence-corrected chi connectivity index (χ1v) is 6.74. The Bertz CT molecular complexity index is 482. The number of anilines is 1. The minimum Gasteiger partial charge on any atom is -0.466 e. The van der Waals surface area contributed by atoms with Gasteiger partial charge in [-0.15, -0.1) is 0 Å². The highest BCUT2D eigenvalue weighted by Gasteiger charge is 2.16. The van der Waals surface area contributed by atoms with Crippen LogP contribution in [0.2, 0.25) is 0 Å². The van der Waals surface area contributed by atoms with Crippen molar-refractivity contribution in [3.05, 3.63) is 51.3 Å². The summed E-state index contributed by atoms with van der Waals surface area (Å²) in [6.45, 7) is 0.460. The molecular weight excluding hydrogens is 348 g/mol. The van der Waals surface area contributed by atoms with Gasteiger partial charge in [-0.1, -0.05) is 15.9 Å². The molecular formula is C12H12Br2N2O. The normalized spacial score (nSPS) is 12.4. The second kappa shape index (κ2) is 5.71. The Morgan fingerprint density at radius 3 is 2.41 bits per heavy atom. The van der Waals surface area contributed by atoms with Crippen molar-refractivity contribution in [3.8, 4) is 0 Å². The van der Waals surface area contributed by atoms with Gasteiger partial charge in [0.05, 0.1) is 16.8 Å². The Morgan fingerprint density at radius 2 is 1.88 bits per heavy atom. The molecule has 1 aromatic heterocycles. The van der Waals surface area contributed by atoms with Crippen molar-refractivity contribution in [2.75, 3.05) is 11.9 Å². The molecule has 0 saturated heterocycles. The molecule has 17 heavy (non-hydrogen) atoms. The van der Waals surface area contributed by atoms with E-state index in [0.717, 1.165) is 20.4 Å². The Balaban J connectivity index is 2.16. The third kappa shape index (κ3) is 3.12. The summed E-state index contributed by atoms with van der Waals surface area (Å²) in [5, 5.41) is 3.33. The van der Waals surface area contributed by atoms with Gasteiger partial charge < -0.3 is 15.5 Å². The lowest BCUT2D eigenvalue weighted by Crippen LogP contribution is -2.20. The molecule has 3 N–H and O–H groups in total. The largest absolute Gasteiger partial charge is 0.466 e. The highest BCUT2D eigenvalue weighted by atomic mass is 79.9. The van der Waals surface area contributed by atoms with Gasteiger partial charge in [-0.2, -0.15) is 0 Å². The lowest BCUT2D eigenvalue weighted by Gasteiger charge is -2.16. The summed E-state index contributed by atoms with van der Waals surface area (Å²) in [4.78, 5) is 0. The van der Waals surface area contributed by atoms with Crippen LogP contribution in [0.1, 0.15) is 11.8 Å². The summed E-state index contributed by atoms with van der Waals surface area (Å²) in [6.07, 6.45) is 1.64. The Hall–Kier alpha value is -0.780. The van der Waals surface area contributed by atoms with Gasteiger partial charge in [-0.25, -0.2) is 0 Å². The lowest BCUT2D eigenvalue weighted by atomic mass is 10.2. The molecule has 0 aliphatic heterocycles. The van der Waals surface area contributed by atoms with Crippen LogP contribution in [-0.4, -0.2) is 6.54 Å². The number of benzene rings is 1. The fraction of sp³-hybridized carbons (Fsp3) is 0.167. The van der Waals surface area contributed by atoms with E-state index in [4.69, 9.17) is 10.2 Å². The number of nitrogens with two attached hydrogens (primary N) is 1. The van der Waals surface area contributed by atoms with Crippen LogP contribution in [0.25, 0.3) is 0 Å². The first-order chi connectivity index (χ1) is 8.20. The summed E-state index contributed by atoms with van der Waals surface area (Å²) in [7, 11) is 0. The van der Waals surface area contributed by atoms with Crippen LogP contribution in [0.5, 0.6) is 0 Å². The van der Waals surface area contributed by atoms with Gasteiger partial charge in [0.15, 0.2) is 0 Å². The fourth-order valence-electron chi connectivity index (χ4n) is 1.53. The Morgan fingerprint density at radius 1 is 1.18 bits per heavy atom. The van der Waals surface area contributed by atoms with E-state index in [1.54, 1.807) is 6.26 Å². The highest BCUT2D eigenvalue weighted by Crippen LogP contribution is 2.27. The molecule has 5 heteroatoms. The van der Waals surface area contributed by atoms with Crippen LogP contribution < -0.4 is 11.1 Å². The second-order valence-electron chi connectivity index (χ2n) is 3.57. The molecule has 2 aromatic rings. The maximum absolute atomic E-state index is 5.76. The van der Waals surface area contributed by atoms with Crippen molar-refractivity contribution >= 4 is 37.5 Å². The minimum absolute atomic E-state index is 0.0412. The summed E-state index contributed by atoms with van der Waals surface area (Å²) in [6, 6.07) is 9.76. The van der Waals surface area contributed by atoms with E-state index in [1.165, 1.54) is 0 Å². The molecule has 1 unspecified atom stereocenters. The predicted octanol–water partition coefficient (Wildman–Crippen LogP) is 3.92. The molecule has 0 aliphatic carbocycles. The zero-order valence-corrected chi connectivity index (χ0v) is 12.2. The molecule has 90 valence electrons. The van der Waals surface area contributed by atoms with Crippen LogP contribution in [0, 0.1) is 0 Å². The molecule has 0 amide bonds. The summed E-state index contributed by atoms with van der Waals surface area (Å²) in [5.74, 6) is 0.815. The van der Waals surface area contributed by atoms with E-state index in [0.29, 0.717) is 6.54 Å². The van der Waals surface area contributed by atoms with Crippen molar-refractivity contribution in [1.29, 1.82) is 0 Å². The molecule has 1 aromatic carbocycles. The van der Waals surface area contributed by atoms with Gasteiger partial charge in [0.2, 0.25) is 0 Å². The van der Waals surface area contributed by atoms with Crippen molar-refractivity contribution < 1.29 is 4.42 Å². The van der Waals surface area contributed by atoms with Crippen molar-refractivity contribution in [3.63, 3.8) is 0 Å². The van der Waals surface area contributed by atoms with Gasteiger partial charge in [0, 0.05) is 16.7 Å². The van der Waals surface area contributed by atoms with E-state index in [9.17, 15) is 0 Å². The third-order valence-electron chi connectivity index (χ3n) is 2.38. The molecule has 0 spiro atoms. The van der Waals surface area contributed by atoms with E-state index in [2.05, 4.69) is 37.2 Å². The van der Waals surface area contributed by atoms with Gasteiger partial charge in [-0.05, 0) is 46.3 Å². The SMILES string of the molecule is NCC(Nc1ccc(Br)cc1)c1occc1Br. The number of furan rings is 1. The van der Waals surface area contributed by atoms with E-state index in [1.807, 2.05) is 30.3 Å². The van der Waals surface area contributed by atoms with E-state index >= 15 is 0 Å². The van der Waals surface area contributed by atoms with Crippen LogP contribution in [0.15, 0.2) is 50.0 Å². The predicted molar refractivity (Wildman–Crippen MR) is 76.0 cm³/mol. The maximum atomic E-state index is 5.76. The number of hydrogen-bond acceptors (Lipinski definition) is 3. The number of hydrogen-bond donors (Lipinski definition) is 2. The Labute approximate surface area is 117 Å². The maximum Gasteiger partial charge on any atom is 0.141 e. The molecule has 0 aliphatic rings. The van der Waals surface area contributed by atoms with Crippen molar-refractivity contribution in [2.45, 2.75) is 6.04 Å². The zero-order valence-electron chi connectivity index (χ0n) is 8.99.